The van der Waals surface area contributed by atoms with E-state index in [1.54, 1.807) is 0 Å². The molecule has 190 valence electrons. The Balaban J connectivity index is 1.41. The molecule has 2 aliphatic heterocycles. The predicted octanol–water partition coefficient (Wildman–Crippen LogP) is 4.31. The molecule has 36 heavy (non-hydrogen) atoms. The maximum absolute atomic E-state index is 9.82. The molecule has 3 aromatic carbocycles. The van der Waals surface area contributed by atoms with Crippen LogP contribution in [0.15, 0.2) is 72.8 Å². The van der Waals surface area contributed by atoms with Gasteiger partial charge in [-0.25, -0.2) is 0 Å². The lowest BCUT2D eigenvalue weighted by atomic mass is 9.98. The third kappa shape index (κ3) is 5.70. The van der Waals surface area contributed by atoms with E-state index in [1.165, 1.54) is 0 Å². The number of benzene rings is 3. The van der Waals surface area contributed by atoms with Crippen LogP contribution in [0.4, 0.5) is 0 Å². The molecule has 0 radical (unpaired) electrons. The van der Waals surface area contributed by atoms with Crippen LogP contribution in [0.25, 0.3) is 11.1 Å². The van der Waals surface area contributed by atoms with Gasteiger partial charge in [0.2, 0.25) is 0 Å². The van der Waals surface area contributed by atoms with Crippen molar-refractivity contribution in [3.05, 3.63) is 95.1 Å². The molecule has 2 aliphatic rings. The standard InChI is InChI=1S/C30H36N2O4/c31-17-22-4-1-5-24(14-22)25-6-2-7-26(15-25)30-35-28(18-32-13-3-8-27(32)20-34)16-29(36-30)23-11-9-21(19-33)10-12-23/h1-2,4-7,9-12,14-15,27-30,33-34H,3,8,13,16-20,31H2/t27-,28-,29+,30+/m0/s1. The van der Waals surface area contributed by atoms with Crippen molar-refractivity contribution in [2.75, 3.05) is 19.7 Å². The quantitative estimate of drug-likeness (QED) is 0.438. The zero-order valence-corrected chi connectivity index (χ0v) is 20.6. The number of hydrogen-bond donors (Lipinski definition) is 3. The van der Waals surface area contributed by atoms with Gasteiger partial charge in [-0.3, -0.25) is 4.90 Å². The molecule has 4 atom stereocenters. The Hall–Kier alpha value is -2.58. The largest absolute Gasteiger partial charge is 0.395 e. The fraction of sp³-hybridized carbons (Fsp3) is 0.400. The van der Waals surface area contributed by atoms with E-state index in [9.17, 15) is 10.2 Å². The highest BCUT2D eigenvalue weighted by atomic mass is 16.7. The number of likely N-dealkylation sites (tertiary alicyclic amines) is 1. The van der Waals surface area contributed by atoms with Crippen LogP contribution in [0.2, 0.25) is 0 Å². The molecule has 0 saturated carbocycles. The SMILES string of the molecule is NCc1cccc(-c2cccc([C@@H]3O[C@H](CN4CCC[C@H]4CO)C[C@H](c4ccc(CO)cc4)O3)c2)c1. The second-order valence-corrected chi connectivity index (χ2v) is 9.85. The second kappa shape index (κ2) is 11.6. The molecule has 0 amide bonds. The Bertz CT molecular complexity index is 1140. The highest BCUT2D eigenvalue weighted by molar-refractivity contribution is 5.65. The van der Waals surface area contributed by atoms with Crippen molar-refractivity contribution < 1.29 is 19.7 Å². The van der Waals surface area contributed by atoms with Crippen LogP contribution < -0.4 is 5.73 Å². The topological polar surface area (TPSA) is 88.2 Å². The molecule has 2 saturated heterocycles. The second-order valence-electron chi connectivity index (χ2n) is 9.85. The molecule has 0 unspecified atom stereocenters. The maximum atomic E-state index is 9.82. The van der Waals surface area contributed by atoms with Crippen LogP contribution >= 0.6 is 0 Å². The molecule has 0 aromatic heterocycles. The van der Waals surface area contributed by atoms with Crippen LogP contribution in [-0.4, -0.2) is 47.0 Å². The first kappa shape index (κ1) is 25.1. The predicted molar refractivity (Wildman–Crippen MR) is 140 cm³/mol. The van der Waals surface area contributed by atoms with Crippen molar-refractivity contribution in [3.63, 3.8) is 0 Å². The number of nitrogens with two attached hydrogens (primary N) is 1. The molecular formula is C30H36N2O4. The van der Waals surface area contributed by atoms with Gasteiger partial charge in [0, 0.05) is 31.1 Å². The van der Waals surface area contributed by atoms with Gasteiger partial charge in [-0.2, -0.15) is 0 Å². The summed E-state index contributed by atoms with van der Waals surface area (Å²) in [7, 11) is 0. The average molecular weight is 489 g/mol. The van der Waals surface area contributed by atoms with Crippen LogP contribution in [0.3, 0.4) is 0 Å². The molecule has 6 heteroatoms. The number of nitrogens with zero attached hydrogens (tertiary/aromatic N) is 1. The van der Waals surface area contributed by atoms with E-state index in [1.807, 2.05) is 42.5 Å². The van der Waals surface area contributed by atoms with Gasteiger partial charge >= 0.3 is 0 Å². The first-order chi connectivity index (χ1) is 17.7. The summed E-state index contributed by atoms with van der Waals surface area (Å²) >= 11 is 0. The van der Waals surface area contributed by atoms with E-state index < -0.39 is 6.29 Å². The lowest BCUT2D eigenvalue weighted by molar-refractivity contribution is -0.253. The van der Waals surface area contributed by atoms with E-state index in [0.29, 0.717) is 6.54 Å². The monoisotopic (exact) mass is 488 g/mol. The summed E-state index contributed by atoms with van der Waals surface area (Å²) in [5.41, 5.74) is 12.1. The first-order valence-corrected chi connectivity index (χ1v) is 12.9. The highest BCUT2D eigenvalue weighted by Crippen LogP contribution is 2.39. The molecule has 4 N–H and O–H groups in total. The fourth-order valence-electron chi connectivity index (χ4n) is 5.38. The van der Waals surface area contributed by atoms with Crippen LogP contribution in [0.1, 0.15) is 53.9 Å². The molecule has 6 nitrogen and oxygen atoms in total. The first-order valence-electron chi connectivity index (χ1n) is 12.9. The van der Waals surface area contributed by atoms with Crippen molar-refractivity contribution in [1.29, 1.82) is 0 Å². The summed E-state index contributed by atoms with van der Waals surface area (Å²) in [5.74, 6) is 0. The lowest BCUT2D eigenvalue weighted by Crippen LogP contribution is -2.42. The Morgan fingerprint density at radius 2 is 1.64 bits per heavy atom. The van der Waals surface area contributed by atoms with Crippen LogP contribution in [0, 0.1) is 0 Å². The van der Waals surface area contributed by atoms with E-state index in [2.05, 4.69) is 35.2 Å². The molecule has 2 heterocycles. The summed E-state index contributed by atoms with van der Waals surface area (Å²) in [6.07, 6.45) is 2.22. The fourth-order valence-corrected chi connectivity index (χ4v) is 5.38. The number of hydrogen-bond acceptors (Lipinski definition) is 6. The molecule has 3 aromatic rings. The van der Waals surface area contributed by atoms with Crippen molar-refractivity contribution in [2.45, 2.75) is 57.0 Å². The third-order valence-corrected chi connectivity index (χ3v) is 7.42. The third-order valence-electron chi connectivity index (χ3n) is 7.42. The van der Waals surface area contributed by atoms with Crippen LogP contribution in [-0.2, 0) is 22.6 Å². The van der Waals surface area contributed by atoms with Crippen molar-refractivity contribution >= 4 is 0 Å². The lowest BCUT2D eigenvalue weighted by Gasteiger charge is -2.38. The Morgan fingerprint density at radius 1 is 0.861 bits per heavy atom. The number of ether oxygens (including phenoxy) is 2. The van der Waals surface area contributed by atoms with Crippen molar-refractivity contribution in [3.8, 4) is 11.1 Å². The molecule has 0 aliphatic carbocycles. The minimum atomic E-state index is -0.501. The smallest absolute Gasteiger partial charge is 0.184 e. The summed E-state index contributed by atoms with van der Waals surface area (Å²) in [6.45, 7) is 2.47. The van der Waals surface area contributed by atoms with Gasteiger partial charge in [-0.1, -0.05) is 60.7 Å². The van der Waals surface area contributed by atoms with Gasteiger partial charge in [0.25, 0.3) is 0 Å². The zero-order chi connectivity index (χ0) is 24.9. The Kier molecular flexibility index (Phi) is 8.12. The molecule has 0 spiro atoms. The molecule has 0 bridgehead atoms. The summed E-state index contributed by atoms with van der Waals surface area (Å²) in [6, 6.07) is 24.8. The maximum Gasteiger partial charge on any atom is 0.184 e. The van der Waals surface area contributed by atoms with Gasteiger partial charge in [-0.15, -0.1) is 0 Å². The number of rotatable bonds is 8. The van der Waals surface area contributed by atoms with Gasteiger partial charge in [0.05, 0.1) is 25.4 Å². The van der Waals surface area contributed by atoms with Crippen molar-refractivity contribution in [2.24, 2.45) is 5.73 Å². The average Bonchev–Trinajstić information content (AvgIpc) is 3.40. The van der Waals surface area contributed by atoms with Crippen LogP contribution in [0.5, 0.6) is 0 Å². The minimum absolute atomic E-state index is 0.0236. The molecular weight excluding hydrogens is 452 g/mol. The van der Waals surface area contributed by atoms with Crippen molar-refractivity contribution in [1.82, 2.24) is 4.90 Å². The van der Waals surface area contributed by atoms with Gasteiger partial charge in [0.1, 0.15) is 0 Å². The molecule has 2 fully saturated rings. The van der Waals surface area contributed by atoms with Gasteiger partial charge in [0.15, 0.2) is 6.29 Å². The van der Waals surface area contributed by atoms with E-state index in [0.717, 1.165) is 65.7 Å². The Labute approximate surface area is 213 Å². The van der Waals surface area contributed by atoms with E-state index in [4.69, 9.17) is 15.2 Å². The minimum Gasteiger partial charge on any atom is -0.395 e. The van der Waals surface area contributed by atoms with E-state index in [-0.39, 0.29) is 31.5 Å². The number of aliphatic hydroxyl groups is 2. The van der Waals surface area contributed by atoms with Gasteiger partial charge in [-0.05, 0) is 59.3 Å². The summed E-state index contributed by atoms with van der Waals surface area (Å²) < 4.78 is 13.1. The zero-order valence-electron chi connectivity index (χ0n) is 20.6. The number of aliphatic hydroxyl groups excluding tert-OH is 2. The highest BCUT2D eigenvalue weighted by Gasteiger charge is 2.35. The summed E-state index contributed by atoms with van der Waals surface area (Å²) in [5, 5.41) is 19.3. The normalized spacial score (nSPS) is 24.8. The molecule has 5 rings (SSSR count). The summed E-state index contributed by atoms with van der Waals surface area (Å²) in [4.78, 5) is 2.35. The van der Waals surface area contributed by atoms with Gasteiger partial charge < -0.3 is 25.4 Å². The van der Waals surface area contributed by atoms with E-state index >= 15 is 0 Å². The Morgan fingerprint density at radius 3 is 2.39 bits per heavy atom.